The lowest BCUT2D eigenvalue weighted by atomic mass is 10.00. The zero-order chi connectivity index (χ0) is 19.7. The van der Waals surface area contributed by atoms with Crippen LogP contribution in [0.4, 0.5) is 5.95 Å². The highest BCUT2D eigenvalue weighted by atomic mass is 17.2. The number of benzene rings is 2. The molecule has 0 saturated heterocycles. The van der Waals surface area contributed by atoms with Crippen molar-refractivity contribution in [2.75, 3.05) is 12.8 Å². The van der Waals surface area contributed by atoms with Gasteiger partial charge in [-0.1, -0.05) is 48.5 Å². The average molecular weight is 374 g/mol. The first-order chi connectivity index (χ1) is 13.6. The Morgan fingerprint density at radius 2 is 1.68 bits per heavy atom. The number of para-hydroxylation sites is 1. The Hall–Kier alpha value is -3.71. The molecule has 0 amide bonds. The summed E-state index contributed by atoms with van der Waals surface area (Å²) < 4.78 is 1.97. The maximum Gasteiger partial charge on any atom is 0.377 e. The molecular weight excluding hydrogens is 356 g/mol. The standard InChI is InChI=1S/C21H18N4O3/c1-25-12-15(14-10-6-7-11-16(14)25)19-17(20(26)28-27-2)18(23-21(22)24-19)13-8-4-3-5-9-13/h3-12H,1-2H3,(H2,22,23,24). The third-order valence-corrected chi connectivity index (χ3v) is 4.49. The second-order valence-corrected chi connectivity index (χ2v) is 6.23. The second-order valence-electron chi connectivity index (χ2n) is 6.23. The van der Waals surface area contributed by atoms with Crippen molar-refractivity contribution in [1.82, 2.24) is 14.5 Å². The second kappa shape index (κ2) is 7.13. The molecule has 0 fully saturated rings. The number of nitrogens with zero attached hydrogens (tertiary/aromatic N) is 3. The summed E-state index contributed by atoms with van der Waals surface area (Å²) in [5, 5.41) is 0.938. The van der Waals surface area contributed by atoms with E-state index in [-0.39, 0.29) is 11.5 Å². The Labute approximate surface area is 161 Å². The van der Waals surface area contributed by atoms with Gasteiger partial charge in [0.05, 0.1) is 18.5 Å². The van der Waals surface area contributed by atoms with Crippen molar-refractivity contribution in [2.24, 2.45) is 7.05 Å². The number of nitrogen functional groups attached to an aromatic ring is 1. The third kappa shape index (κ3) is 2.97. The number of anilines is 1. The van der Waals surface area contributed by atoms with Gasteiger partial charge in [-0.05, 0) is 6.07 Å². The van der Waals surface area contributed by atoms with E-state index in [0.717, 1.165) is 22.0 Å². The Balaban J connectivity index is 2.06. The van der Waals surface area contributed by atoms with E-state index >= 15 is 0 Å². The van der Waals surface area contributed by atoms with E-state index < -0.39 is 5.97 Å². The van der Waals surface area contributed by atoms with Gasteiger partial charge in [-0.25, -0.2) is 14.8 Å². The lowest BCUT2D eigenvalue weighted by Gasteiger charge is -2.12. The Morgan fingerprint density at radius 3 is 2.43 bits per heavy atom. The van der Waals surface area contributed by atoms with Crippen LogP contribution in [0.15, 0.2) is 60.8 Å². The fourth-order valence-corrected chi connectivity index (χ4v) is 3.32. The van der Waals surface area contributed by atoms with E-state index in [1.165, 1.54) is 7.11 Å². The fourth-order valence-electron chi connectivity index (χ4n) is 3.32. The number of hydrogen-bond acceptors (Lipinski definition) is 6. The van der Waals surface area contributed by atoms with E-state index in [2.05, 4.69) is 14.9 Å². The number of aryl methyl sites for hydroxylation is 1. The maximum absolute atomic E-state index is 12.8. The number of fused-ring (bicyclic) bond motifs is 1. The minimum absolute atomic E-state index is 0.0655. The highest BCUT2D eigenvalue weighted by Gasteiger charge is 2.26. The van der Waals surface area contributed by atoms with Crippen LogP contribution in [0.3, 0.4) is 0 Å². The molecule has 2 N–H and O–H groups in total. The number of rotatable bonds is 4. The lowest BCUT2D eigenvalue weighted by Crippen LogP contribution is -2.12. The van der Waals surface area contributed by atoms with E-state index in [1.807, 2.05) is 72.4 Å². The molecule has 0 aliphatic rings. The van der Waals surface area contributed by atoms with Crippen LogP contribution in [0.2, 0.25) is 0 Å². The van der Waals surface area contributed by atoms with Gasteiger partial charge >= 0.3 is 5.97 Å². The van der Waals surface area contributed by atoms with Crippen molar-refractivity contribution in [2.45, 2.75) is 0 Å². The molecule has 140 valence electrons. The number of aromatic nitrogens is 3. The van der Waals surface area contributed by atoms with Crippen LogP contribution in [-0.4, -0.2) is 27.6 Å². The largest absolute Gasteiger partial charge is 0.377 e. The molecule has 0 aliphatic heterocycles. The smallest absolute Gasteiger partial charge is 0.368 e. The van der Waals surface area contributed by atoms with Crippen molar-refractivity contribution in [3.05, 3.63) is 66.4 Å². The predicted octanol–water partition coefficient (Wildman–Crippen LogP) is 3.60. The van der Waals surface area contributed by atoms with Crippen LogP contribution in [0.5, 0.6) is 0 Å². The van der Waals surface area contributed by atoms with Crippen molar-refractivity contribution in [3.63, 3.8) is 0 Å². The Bertz CT molecular complexity index is 1170. The molecule has 2 aromatic heterocycles. The Morgan fingerprint density at radius 1 is 1.00 bits per heavy atom. The molecule has 7 nitrogen and oxygen atoms in total. The highest BCUT2D eigenvalue weighted by Crippen LogP contribution is 2.35. The van der Waals surface area contributed by atoms with Gasteiger partial charge < -0.3 is 10.3 Å². The molecule has 0 saturated carbocycles. The minimum Gasteiger partial charge on any atom is -0.368 e. The molecule has 0 radical (unpaired) electrons. The lowest BCUT2D eigenvalue weighted by molar-refractivity contribution is -0.216. The topological polar surface area (TPSA) is 92.3 Å². The first kappa shape index (κ1) is 17.7. The molecule has 0 unspecified atom stereocenters. The summed E-state index contributed by atoms with van der Waals surface area (Å²) in [5.41, 5.74) is 9.47. The molecule has 0 bridgehead atoms. The van der Waals surface area contributed by atoms with Crippen LogP contribution >= 0.6 is 0 Å². The summed E-state index contributed by atoms with van der Waals surface area (Å²) in [4.78, 5) is 31.0. The molecule has 0 spiro atoms. The average Bonchev–Trinajstić information content (AvgIpc) is 3.05. The normalized spacial score (nSPS) is 10.9. The van der Waals surface area contributed by atoms with Gasteiger partial charge in [0.25, 0.3) is 0 Å². The molecule has 4 rings (SSSR count). The predicted molar refractivity (Wildman–Crippen MR) is 106 cm³/mol. The van der Waals surface area contributed by atoms with Crippen LogP contribution in [0, 0.1) is 0 Å². The summed E-state index contributed by atoms with van der Waals surface area (Å²) in [5.74, 6) is -0.625. The van der Waals surface area contributed by atoms with E-state index in [9.17, 15) is 4.79 Å². The van der Waals surface area contributed by atoms with Gasteiger partial charge in [0.15, 0.2) is 0 Å². The minimum atomic E-state index is -0.690. The number of carbonyl (C=O) groups is 1. The zero-order valence-corrected chi connectivity index (χ0v) is 15.4. The van der Waals surface area contributed by atoms with Crippen molar-refractivity contribution < 1.29 is 14.6 Å². The zero-order valence-electron chi connectivity index (χ0n) is 15.4. The monoisotopic (exact) mass is 374 g/mol. The summed E-state index contributed by atoms with van der Waals surface area (Å²) in [7, 11) is 3.21. The Kier molecular flexibility index (Phi) is 4.50. The molecule has 0 atom stereocenters. The van der Waals surface area contributed by atoms with Gasteiger partial charge in [-0.15, -0.1) is 0 Å². The van der Waals surface area contributed by atoms with Gasteiger partial charge in [-0.3, -0.25) is 4.89 Å². The van der Waals surface area contributed by atoms with Crippen molar-refractivity contribution in [1.29, 1.82) is 0 Å². The van der Waals surface area contributed by atoms with Crippen molar-refractivity contribution >= 4 is 22.8 Å². The molecule has 0 aliphatic carbocycles. The number of carbonyl (C=O) groups excluding carboxylic acids is 1. The van der Waals surface area contributed by atoms with E-state index in [0.29, 0.717) is 11.4 Å². The fraction of sp³-hybridized carbons (Fsp3) is 0.0952. The summed E-state index contributed by atoms with van der Waals surface area (Å²) >= 11 is 0. The summed E-state index contributed by atoms with van der Waals surface area (Å²) in [6, 6.07) is 17.1. The van der Waals surface area contributed by atoms with Crippen LogP contribution in [-0.2, 0) is 16.8 Å². The van der Waals surface area contributed by atoms with Crippen LogP contribution in [0.1, 0.15) is 10.4 Å². The van der Waals surface area contributed by atoms with E-state index in [4.69, 9.17) is 10.6 Å². The van der Waals surface area contributed by atoms with Gasteiger partial charge in [0.1, 0.15) is 5.56 Å². The molecule has 4 aromatic rings. The van der Waals surface area contributed by atoms with Gasteiger partial charge in [0, 0.05) is 35.3 Å². The first-order valence-electron chi connectivity index (χ1n) is 8.62. The van der Waals surface area contributed by atoms with E-state index in [1.54, 1.807) is 0 Å². The third-order valence-electron chi connectivity index (χ3n) is 4.49. The maximum atomic E-state index is 12.8. The van der Waals surface area contributed by atoms with Gasteiger partial charge in [0.2, 0.25) is 5.95 Å². The van der Waals surface area contributed by atoms with Gasteiger partial charge in [-0.2, -0.15) is 4.89 Å². The molecule has 28 heavy (non-hydrogen) atoms. The summed E-state index contributed by atoms with van der Waals surface area (Å²) in [6.07, 6.45) is 1.91. The quantitative estimate of drug-likeness (QED) is 0.433. The van der Waals surface area contributed by atoms with Crippen LogP contribution in [0.25, 0.3) is 33.4 Å². The molecular formula is C21H18N4O3. The molecule has 2 heterocycles. The molecule has 2 aromatic carbocycles. The van der Waals surface area contributed by atoms with Crippen molar-refractivity contribution in [3.8, 4) is 22.5 Å². The number of hydrogen-bond donors (Lipinski definition) is 1. The highest BCUT2D eigenvalue weighted by molar-refractivity contribution is 6.06. The SMILES string of the molecule is COOC(=O)c1c(-c2ccccc2)nc(N)nc1-c1cn(C)c2ccccc12. The molecule has 7 heteroatoms. The van der Waals surface area contributed by atoms with Crippen LogP contribution < -0.4 is 5.73 Å². The number of nitrogens with two attached hydrogens (primary N) is 1. The summed E-state index contributed by atoms with van der Waals surface area (Å²) in [6.45, 7) is 0. The first-order valence-corrected chi connectivity index (χ1v) is 8.62.